The number of ether oxygens (including phenoxy) is 1. The first-order valence-corrected chi connectivity index (χ1v) is 10.0. The predicted octanol–water partition coefficient (Wildman–Crippen LogP) is 1.14. The summed E-state index contributed by atoms with van der Waals surface area (Å²) in [5.74, 6) is -1.35. The monoisotopic (exact) mass is 402 g/mol. The van der Waals surface area contributed by atoms with Crippen LogP contribution in [0.1, 0.15) is 34.8 Å². The molecule has 3 heterocycles. The lowest BCUT2D eigenvalue weighted by Crippen LogP contribution is -2.47. The van der Waals surface area contributed by atoms with Crippen LogP contribution in [0.5, 0.6) is 0 Å². The zero-order valence-electron chi connectivity index (χ0n) is 18.3. The van der Waals surface area contributed by atoms with E-state index in [4.69, 9.17) is 16.0 Å². The standard InChI is InChI=1S/C17H20F2N4O3S/c1-27(24,25)23-7-10-6-22(8-16(10)21-23)12-5-15(20)17(26-9-12)13-4-11(18)2-3-14(13)19/h2-4,7,12,15,17H,5-6,8-9,20H2,1H3/t12-,15+,17-/m1/s1/i6D2,8D2. The summed E-state index contributed by atoms with van der Waals surface area (Å²) >= 11 is 0. The molecule has 1 saturated heterocycles. The fraction of sp³-hybridized carbons (Fsp3) is 0.471. The molecule has 0 saturated carbocycles. The molecule has 1 aromatic heterocycles. The van der Waals surface area contributed by atoms with Gasteiger partial charge in [-0.15, -0.1) is 0 Å². The van der Waals surface area contributed by atoms with Gasteiger partial charge >= 0.3 is 0 Å². The summed E-state index contributed by atoms with van der Waals surface area (Å²) in [5.41, 5.74) is 5.51. The highest BCUT2D eigenvalue weighted by atomic mass is 32.2. The van der Waals surface area contributed by atoms with Gasteiger partial charge in [0.05, 0.1) is 18.6 Å². The van der Waals surface area contributed by atoms with E-state index in [1.165, 1.54) is 0 Å². The van der Waals surface area contributed by atoms with Crippen molar-refractivity contribution in [3.63, 3.8) is 0 Å². The summed E-state index contributed by atoms with van der Waals surface area (Å²) in [6.07, 6.45) is 0.869. The molecule has 3 atom stereocenters. The van der Waals surface area contributed by atoms with Gasteiger partial charge in [0, 0.05) is 47.9 Å². The average Bonchev–Trinajstić information content (AvgIpc) is 3.16. The SMILES string of the molecule is [2H]C1([2H])c2cn(S(C)(=O)=O)nc2C([2H])([2H])N1[C@H]1CO[C@H](c2cc(F)ccc2F)[C@@H](N)C1. The molecule has 0 spiro atoms. The summed E-state index contributed by atoms with van der Waals surface area (Å²) in [6, 6.07) is 1.18. The second-order valence-corrected chi connectivity index (χ2v) is 8.43. The Bertz CT molecular complexity index is 1110. The Morgan fingerprint density at radius 1 is 1.37 bits per heavy atom. The lowest BCUT2D eigenvalue weighted by Gasteiger charge is -2.38. The van der Waals surface area contributed by atoms with Crippen molar-refractivity contribution in [2.75, 3.05) is 12.9 Å². The zero-order chi connectivity index (χ0) is 22.9. The van der Waals surface area contributed by atoms with Gasteiger partial charge in [-0.05, 0) is 24.6 Å². The molecule has 1 aromatic carbocycles. The Morgan fingerprint density at radius 3 is 2.81 bits per heavy atom. The molecule has 0 bridgehead atoms. The van der Waals surface area contributed by atoms with Crippen LogP contribution in [-0.2, 0) is 27.8 Å². The maximum absolute atomic E-state index is 14.2. The summed E-state index contributed by atoms with van der Waals surface area (Å²) in [7, 11) is -3.83. The number of fused-ring (bicyclic) bond motifs is 1. The first-order chi connectivity index (χ1) is 14.2. The van der Waals surface area contributed by atoms with Crippen LogP contribution in [0.3, 0.4) is 0 Å². The lowest BCUT2D eigenvalue weighted by molar-refractivity contribution is -0.0533. The minimum Gasteiger partial charge on any atom is -0.370 e. The first kappa shape index (κ1) is 14.2. The molecular formula is C17H20F2N4O3S. The van der Waals surface area contributed by atoms with Crippen LogP contribution in [0.15, 0.2) is 24.4 Å². The molecule has 7 nitrogen and oxygen atoms in total. The molecule has 0 unspecified atom stereocenters. The highest BCUT2D eigenvalue weighted by Gasteiger charge is 2.37. The first-order valence-electron chi connectivity index (χ1n) is 10.2. The number of halogens is 2. The third kappa shape index (κ3) is 3.49. The molecule has 10 heteroatoms. The predicted molar refractivity (Wildman–Crippen MR) is 93.1 cm³/mol. The molecule has 0 amide bonds. The average molecular weight is 402 g/mol. The van der Waals surface area contributed by atoms with Crippen LogP contribution in [0.25, 0.3) is 0 Å². The van der Waals surface area contributed by atoms with Gasteiger partial charge in [0.1, 0.15) is 17.7 Å². The van der Waals surface area contributed by atoms with Gasteiger partial charge < -0.3 is 10.5 Å². The topological polar surface area (TPSA) is 90.5 Å². The summed E-state index contributed by atoms with van der Waals surface area (Å²) in [6.45, 7) is -5.07. The minimum absolute atomic E-state index is 0.0238. The van der Waals surface area contributed by atoms with Crippen LogP contribution in [0.2, 0.25) is 0 Å². The normalized spacial score (nSPS) is 32.2. The maximum Gasteiger partial charge on any atom is 0.250 e. The zero-order valence-corrected chi connectivity index (χ0v) is 15.1. The van der Waals surface area contributed by atoms with Gasteiger partial charge in [-0.3, -0.25) is 4.90 Å². The largest absolute Gasteiger partial charge is 0.370 e. The quantitative estimate of drug-likeness (QED) is 0.828. The Labute approximate surface area is 161 Å². The Hall–Kier alpha value is -1.88. The van der Waals surface area contributed by atoms with E-state index in [9.17, 15) is 17.2 Å². The van der Waals surface area contributed by atoms with E-state index < -0.39 is 52.8 Å². The molecule has 2 aliphatic rings. The summed E-state index contributed by atoms with van der Waals surface area (Å²) < 4.78 is 91.3. The highest BCUT2D eigenvalue weighted by molar-refractivity contribution is 7.89. The van der Waals surface area contributed by atoms with Crippen molar-refractivity contribution in [1.82, 2.24) is 14.1 Å². The van der Waals surface area contributed by atoms with E-state index in [-0.39, 0.29) is 29.8 Å². The molecular weight excluding hydrogens is 378 g/mol. The van der Waals surface area contributed by atoms with E-state index >= 15 is 0 Å². The van der Waals surface area contributed by atoms with Crippen molar-refractivity contribution >= 4 is 10.0 Å². The highest BCUT2D eigenvalue weighted by Crippen LogP contribution is 2.34. The third-order valence-corrected chi connectivity index (χ3v) is 5.40. The number of rotatable bonds is 3. The van der Waals surface area contributed by atoms with Crippen molar-refractivity contribution in [3.8, 4) is 0 Å². The number of hydrogen-bond donors (Lipinski definition) is 1. The van der Waals surface area contributed by atoms with Crippen molar-refractivity contribution in [3.05, 3.63) is 52.9 Å². The maximum atomic E-state index is 14.2. The summed E-state index contributed by atoms with van der Waals surface area (Å²) in [4.78, 5) is 0.905. The van der Waals surface area contributed by atoms with Crippen LogP contribution >= 0.6 is 0 Å². The van der Waals surface area contributed by atoms with Crippen LogP contribution in [0.4, 0.5) is 8.78 Å². The summed E-state index contributed by atoms with van der Waals surface area (Å²) in [5, 5.41) is 3.77. The number of nitrogens with zero attached hydrogens (tertiary/aromatic N) is 3. The van der Waals surface area contributed by atoms with Crippen molar-refractivity contribution in [2.24, 2.45) is 5.73 Å². The molecule has 2 aromatic rings. The van der Waals surface area contributed by atoms with Crippen LogP contribution in [0, 0.1) is 11.6 Å². The molecule has 27 heavy (non-hydrogen) atoms. The Balaban J connectivity index is 1.63. The van der Waals surface area contributed by atoms with Gasteiger partial charge in [-0.25, -0.2) is 17.2 Å². The van der Waals surface area contributed by atoms with E-state index in [1.807, 2.05) is 0 Å². The van der Waals surface area contributed by atoms with E-state index in [2.05, 4.69) is 5.10 Å². The molecule has 4 rings (SSSR count). The number of hydrogen-bond acceptors (Lipinski definition) is 6. The molecule has 2 N–H and O–H groups in total. The van der Waals surface area contributed by atoms with Gasteiger partial charge in [0.25, 0.3) is 10.0 Å². The molecule has 146 valence electrons. The minimum atomic E-state index is -3.83. The number of nitrogens with two attached hydrogens (primary N) is 1. The second-order valence-electron chi connectivity index (χ2n) is 6.59. The molecule has 0 radical (unpaired) electrons. The fourth-order valence-electron chi connectivity index (χ4n) is 3.22. The van der Waals surface area contributed by atoms with Crippen LogP contribution in [-0.4, -0.2) is 47.4 Å². The number of benzene rings is 1. The van der Waals surface area contributed by atoms with Crippen molar-refractivity contribution in [2.45, 2.75) is 37.6 Å². The third-order valence-electron chi connectivity index (χ3n) is 4.53. The molecule has 2 aliphatic heterocycles. The Morgan fingerprint density at radius 2 is 2.15 bits per heavy atom. The van der Waals surface area contributed by atoms with Gasteiger partial charge in [-0.2, -0.15) is 9.19 Å². The lowest BCUT2D eigenvalue weighted by atomic mass is 9.93. The van der Waals surface area contributed by atoms with Gasteiger partial charge in [0.2, 0.25) is 0 Å². The fourth-order valence-corrected chi connectivity index (χ4v) is 3.75. The van der Waals surface area contributed by atoms with Crippen molar-refractivity contribution in [1.29, 1.82) is 0 Å². The Kier molecular flexibility index (Phi) is 3.47. The van der Waals surface area contributed by atoms with E-state index in [0.717, 1.165) is 35.6 Å². The molecule has 0 aliphatic carbocycles. The smallest absolute Gasteiger partial charge is 0.250 e. The van der Waals surface area contributed by atoms with Crippen LogP contribution < -0.4 is 5.73 Å². The van der Waals surface area contributed by atoms with E-state index in [1.54, 1.807) is 0 Å². The van der Waals surface area contributed by atoms with Gasteiger partial charge in [0.15, 0.2) is 0 Å². The number of aromatic nitrogens is 2. The molecule has 1 fully saturated rings. The van der Waals surface area contributed by atoms with Gasteiger partial charge in [-0.1, -0.05) is 0 Å². The van der Waals surface area contributed by atoms with Crippen molar-refractivity contribution < 1.29 is 27.4 Å². The second kappa shape index (κ2) is 6.62. The van der Waals surface area contributed by atoms with E-state index in [0.29, 0.717) is 4.09 Å².